The molecule has 2 rings (SSSR count). The Hall–Kier alpha value is -1.51. The van der Waals surface area contributed by atoms with E-state index in [1.807, 2.05) is 0 Å². The molecule has 104 valence electrons. The number of H-pyrrole nitrogens is 1. The van der Waals surface area contributed by atoms with Crippen molar-refractivity contribution in [1.82, 2.24) is 14.5 Å². The Morgan fingerprint density at radius 2 is 2.21 bits per heavy atom. The summed E-state index contributed by atoms with van der Waals surface area (Å²) >= 11 is 0. The molecule has 0 spiro atoms. The number of rotatable bonds is 5. The highest BCUT2D eigenvalue weighted by Crippen LogP contribution is 2.43. The van der Waals surface area contributed by atoms with E-state index >= 15 is 0 Å². The van der Waals surface area contributed by atoms with Crippen LogP contribution in [0, 0.1) is 0 Å². The van der Waals surface area contributed by atoms with Crippen LogP contribution in [0.1, 0.15) is 0 Å². The third-order valence-electron chi connectivity index (χ3n) is 2.39. The smallest absolute Gasteiger partial charge is 0.369 e. The predicted octanol–water partition coefficient (Wildman–Crippen LogP) is -0.980. The Morgan fingerprint density at radius 1 is 1.47 bits per heavy atom. The Kier molecular flexibility index (Phi) is 3.83. The van der Waals surface area contributed by atoms with Crippen molar-refractivity contribution >= 4 is 24.9 Å². The first-order valence-corrected chi connectivity index (χ1v) is 7.19. The average Bonchev–Trinajstić information content (AvgIpc) is 2.66. The molecule has 0 fully saturated rings. The maximum absolute atomic E-state index is 11.6. The van der Waals surface area contributed by atoms with Gasteiger partial charge in [-0.15, -0.1) is 0 Å². The lowest BCUT2D eigenvalue weighted by Gasteiger charge is -2.07. The van der Waals surface area contributed by atoms with E-state index in [2.05, 4.69) is 9.97 Å². The van der Waals surface area contributed by atoms with E-state index in [4.69, 9.17) is 25.2 Å². The minimum absolute atomic E-state index is 0.0179. The second-order valence-corrected chi connectivity index (χ2v) is 5.57. The van der Waals surface area contributed by atoms with E-state index in [1.165, 1.54) is 0 Å². The van der Waals surface area contributed by atoms with Gasteiger partial charge in [0.15, 0.2) is 0 Å². The number of hydrogen-bond donors (Lipinski definition) is 5. The summed E-state index contributed by atoms with van der Waals surface area (Å²) in [6.07, 6.45) is 1.12. The van der Waals surface area contributed by atoms with E-state index in [0.717, 1.165) is 0 Å². The standard InChI is InChI=1S/C9H13N4O5P/c10-9-11-7-6(8(14)12-9)1-2-13(7)3-4-18-5-19(15,16)17/h1-2,15-17H,3-5H2,(H2-,10,11,12,14)/p+1. The monoisotopic (exact) mass is 289 g/mol. The van der Waals surface area contributed by atoms with Gasteiger partial charge in [-0.05, 0) is 6.07 Å². The molecule has 0 aliphatic carbocycles. The summed E-state index contributed by atoms with van der Waals surface area (Å²) in [5.74, 6) is 0.0179. The van der Waals surface area contributed by atoms with E-state index in [-0.39, 0.29) is 18.1 Å². The zero-order chi connectivity index (χ0) is 14.0. The third kappa shape index (κ3) is 3.49. The van der Waals surface area contributed by atoms with Gasteiger partial charge in [-0.2, -0.15) is 19.7 Å². The first-order valence-electron chi connectivity index (χ1n) is 5.35. The molecule has 10 heteroatoms. The first kappa shape index (κ1) is 13.9. The van der Waals surface area contributed by atoms with Gasteiger partial charge in [-0.1, -0.05) is 0 Å². The quantitative estimate of drug-likeness (QED) is 0.351. The van der Waals surface area contributed by atoms with Crippen LogP contribution in [0.5, 0.6) is 0 Å². The summed E-state index contributed by atoms with van der Waals surface area (Å²) in [6.45, 7) is 0.459. The van der Waals surface area contributed by atoms with Gasteiger partial charge in [0.05, 0.1) is 12.0 Å². The molecular formula is C9H14N4O5P+. The van der Waals surface area contributed by atoms with Crippen molar-refractivity contribution in [2.75, 3.05) is 18.7 Å². The molecule has 2 heterocycles. The molecule has 0 saturated heterocycles. The van der Waals surface area contributed by atoms with E-state index in [9.17, 15) is 4.79 Å². The lowest BCUT2D eigenvalue weighted by atomic mass is 10.4. The molecule has 0 radical (unpaired) electrons. The summed E-state index contributed by atoms with van der Waals surface area (Å²) in [6, 6.07) is 1.60. The molecule has 0 saturated carbocycles. The summed E-state index contributed by atoms with van der Waals surface area (Å²) in [5, 5.41) is 0.405. The largest absolute Gasteiger partial charge is 0.431 e. The molecule has 2 aromatic heterocycles. The number of nitrogens with one attached hydrogen (secondary N) is 1. The van der Waals surface area contributed by atoms with Crippen molar-refractivity contribution in [1.29, 1.82) is 0 Å². The van der Waals surface area contributed by atoms with Crippen LogP contribution >= 0.6 is 7.94 Å². The summed E-state index contributed by atoms with van der Waals surface area (Å²) in [4.78, 5) is 44.2. The van der Waals surface area contributed by atoms with Crippen LogP contribution in [0.25, 0.3) is 11.0 Å². The van der Waals surface area contributed by atoms with E-state index in [0.29, 0.717) is 17.6 Å². The normalized spacial score (nSPS) is 12.2. The number of anilines is 1. The first-order chi connectivity index (χ1) is 8.87. The van der Waals surface area contributed by atoms with Crippen LogP contribution in [-0.2, 0) is 11.3 Å². The van der Waals surface area contributed by atoms with Crippen LogP contribution < -0.4 is 11.3 Å². The highest BCUT2D eigenvalue weighted by Gasteiger charge is 2.29. The number of nitrogens with two attached hydrogens (primary N) is 1. The molecule has 0 bridgehead atoms. The fourth-order valence-electron chi connectivity index (χ4n) is 1.62. The van der Waals surface area contributed by atoms with Crippen molar-refractivity contribution in [3.8, 4) is 0 Å². The van der Waals surface area contributed by atoms with Gasteiger partial charge < -0.3 is 15.0 Å². The topological polar surface area (TPSA) is 147 Å². The van der Waals surface area contributed by atoms with Crippen LogP contribution in [-0.4, -0.2) is 42.2 Å². The molecule has 6 N–H and O–H groups in total. The van der Waals surface area contributed by atoms with Crippen LogP contribution in [0.3, 0.4) is 0 Å². The van der Waals surface area contributed by atoms with Gasteiger partial charge in [0, 0.05) is 12.7 Å². The van der Waals surface area contributed by atoms with Gasteiger partial charge in [0.1, 0.15) is 5.65 Å². The number of nitrogen functional groups attached to an aromatic ring is 1. The number of aromatic amines is 1. The number of aromatic nitrogens is 3. The summed E-state index contributed by atoms with van der Waals surface area (Å²) in [5.41, 5.74) is 5.55. The lowest BCUT2D eigenvalue weighted by molar-refractivity contribution is 0.140. The van der Waals surface area contributed by atoms with Gasteiger partial charge in [0.2, 0.25) is 12.3 Å². The van der Waals surface area contributed by atoms with Crippen LogP contribution in [0.15, 0.2) is 17.1 Å². The Balaban J connectivity index is 2.08. The number of nitrogens with zero attached hydrogens (tertiary/aromatic N) is 2. The molecule has 19 heavy (non-hydrogen) atoms. The van der Waals surface area contributed by atoms with E-state index < -0.39 is 14.3 Å². The molecule has 9 nitrogen and oxygen atoms in total. The fourth-order valence-corrected chi connectivity index (χ4v) is 2.00. The highest BCUT2D eigenvalue weighted by atomic mass is 31.2. The van der Waals surface area contributed by atoms with Crippen molar-refractivity contribution < 1.29 is 19.4 Å². The maximum atomic E-state index is 11.6. The zero-order valence-electron chi connectivity index (χ0n) is 9.85. The third-order valence-corrected chi connectivity index (χ3v) is 2.92. The predicted molar refractivity (Wildman–Crippen MR) is 69.2 cm³/mol. The molecule has 2 aromatic rings. The summed E-state index contributed by atoms with van der Waals surface area (Å²) < 4.78 is 6.56. The average molecular weight is 289 g/mol. The van der Waals surface area contributed by atoms with Crippen molar-refractivity contribution in [2.45, 2.75) is 6.54 Å². The van der Waals surface area contributed by atoms with Crippen molar-refractivity contribution in [3.63, 3.8) is 0 Å². The molecule has 0 aliphatic heterocycles. The zero-order valence-corrected chi connectivity index (χ0v) is 10.7. The Morgan fingerprint density at radius 3 is 2.89 bits per heavy atom. The minimum atomic E-state index is -3.91. The molecule has 0 atom stereocenters. The maximum Gasteiger partial charge on any atom is 0.431 e. The Bertz CT molecular complexity index is 632. The van der Waals surface area contributed by atoms with Crippen LogP contribution in [0.4, 0.5) is 5.95 Å². The minimum Gasteiger partial charge on any atom is -0.369 e. The molecule has 0 unspecified atom stereocenters. The number of hydrogen-bond acceptors (Lipinski definition) is 7. The van der Waals surface area contributed by atoms with Crippen molar-refractivity contribution in [3.05, 3.63) is 22.6 Å². The van der Waals surface area contributed by atoms with E-state index in [1.54, 1.807) is 16.8 Å². The van der Waals surface area contributed by atoms with Gasteiger partial charge in [-0.25, -0.2) is 0 Å². The molecule has 0 amide bonds. The summed E-state index contributed by atoms with van der Waals surface area (Å²) in [7, 11) is -3.91. The van der Waals surface area contributed by atoms with Gasteiger partial charge in [0.25, 0.3) is 5.56 Å². The second kappa shape index (κ2) is 5.24. The van der Waals surface area contributed by atoms with Gasteiger partial charge >= 0.3 is 7.94 Å². The molecule has 0 aromatic carbocycles. The molecular weight excluding hydrogens is 275 g/mol. The second-order valence-electron chi connectivity index (χ2n) is 3.93. The van der Waals surface area contributed by atoms with Crippen LogP contribution in [0.2, 0.25) is 0 Å². The SMILES string of the molecule is Nc1nc2c(ccn2CCOC[P+](O)(O)O)c(=O)[nH]1. The number of fused-ring (bicyclic) bond motifs is 1. The fraction of sp³-hybridized carbons (Fsp3) is 0.333. The van der Waals surface area contributed by atoms with Gasteiger partial charge in [-0.3, -0.25) is 9.78 Å². The Labute approximate surface area is 107 Å². The highest BCUT2D eigenvalue weighted by molar-refractivity contribution is 7.58. The van der Waals surface area contributed by atoms with Crippen molar-refractivity contribution in [2.24, 2.45) is 0 Å². The number of ether oxygens (including phenoxy) is 1. The molecule has 0 aliphatic rings. The lowest BCUT2D eigenvalue weighted by Crippen LogP contribution is -2.13.